The van der Waals surface area contributed by atoms with Gasteiger partial charge in [0.05, 0.1) is 12.2 Å². The van der Waals surface area contributed by atoms with Gasteiger partial charge in [0.2, 0.25) is 0 Å². The number of rotatable bonds is 3. The van der Waals surface area contributed by atoms with Crippen molar-refractivity contribution >= 4 is 11.4 Å². The summed E-state index contributed by atoms with van der Waals surface area (Å²) >= 11 is 0. The van der Waals surface area contributed by atoms with E-state index in [0.29, 0.717) is 6.04 Å². The summed E-state index contributed by atoms with van der Waals surface area (Å²) in [4.78, 5) is 2.39. The smallest absolute Gasteiger partial charge is 0.0817 e. The number of aryl methyl sites for hydroxylation is 1. The van der Waals surface area contributed by atoms with E-state index in [4.69, 9.17) is 5.73 Å². The number of anilines is 2. The molecule has 3 rings (SSSR count). The van der Waals surface area contributed by atoms with Crippen LogP contribution >= 0.6 is 0 Å². The molecule has 0 fully saturated rings. The lowest BCUT2D eigenvalue weighted by atomic mass is 10.0. The fraction of sp³-hybridized carbons (Fsp3) is 0.438. The molecule has 0 amide bonds. The number of nitrogens with two attached hydrogens (primary N) is 1. The minimum atomic E-state index is 0.410. The monoisotopic (exact) mass is 270 g/mol. The van der Waals surface area contributed by atoms with Gasteiger partial charge >= 0.3 is 0 Å². The molecule has 2 aromatic rings. The lowest BCUT2D eigenvalue weighted by Gasteiger charge is -2.31. The van der Waals surface area contributed by atoms with E-state index in [-0.39, 0.29) is 0 Å². The molecule has 0 unspecified atom stereocenters. The van der Waals surface area contributed by atoms with Crippen LogP contribution in [-0.4, -0.2) is 16.3 Å². The topological polar surface area (TPSA) is 47.1 Å². The number of nitrogens with zero attached hydrogens (tertiary/aromatic N) is 3. The number of hydrogen-bond acceptors (Lipinski definition) is 3. The van der Waals surface area contributed by atoms with E-state index in [9.17, 15) is 0 Å². The van der Waals surface area contributed by atoms with E-state index in [1.807, 2.05) is 10.7 Å². The number of benzene rings is 1. The summed E-state index contributed by atoms with van der Waals surface area (Å²) in [7, 11) is 0. The van der Waals surface area contributed by atoms with Crippen molar-refractivity contribution in [3.05, 3.63) is 41.7 Å². The summed E-state index contributed by atoms with van der Waals surface area (Å²) in [6, 6.07) is 8.77. The first-order valence-electron chi connectivity index (χ1n) is 7.31. The highest BCUT2D eigenvalue weighted by Crippen LogP contribution is 2.30. The molecule has 4 nitrogen and oxygen atoms in total. The van der Waals surface area contributed by atoms with E-state index in [1.165, 1.54) is 17.7 Å². The summed E-state index contributed by atoms with van der Waals surface area (Å²) in [6.07, 6.45) is 4.40. The van der Waals surface area contributed by atoms with Crippen LogP contribution in [0.1, 0.15) is 37.6 Å². The zero-order valence-electron chi connectivity index (χ0n) is 12.2. The molecule has 1 aliphatic heterocycles. The van der Waals surface area contributed by atoms with Gasteiger partial charge < -0.3 is 10.6 Å². The van der Waals surface area contributed by atoms with Crippen LogP contribution in [0.2, 0.25) is 0 Å². The van der Waals surface area contributed by atoms with Gasteiger partial charge in [-0.3, -0.25) is 4.68 Å². The highest BCUT2D eigenvalue weighted by molar-refractivity contribution is 5.62. The molecular weight excluding hydrogens is 248 g/mol. The minimum Gasteiger partial charge on any atom is -0.399 e. The second-order valence-corrected chi connectivity index (χ2v) is 5.79. The van der Waals surface area contributed by atoms with Crippen molar-refractivity contribution in [2.45, 2.75) is 39.3 Å². The Labute approximate surface area is 120 Å². The van der Waals surface area contributed by atoms with Crippen molar-refractivity contribution in [2.24, 2.45) is 0 Å². The second-order valence-electron chi connectivity index (χ2n) is 5.79. The Morgan fingerprint density at radius 2 is 2.15 bits per heavy atom. The number of nitrogen functional groups attached to an aromatic ring is 1. The molecule has 4 heteroatoms. The van der Waals surface area contributed by atoms with Crippen molar-refractivity contribution in [1.82, 2.24) is 9.78 Å². The fourth-order valence-electron chi connectivity index (χ4n) is 2.78. The molecule has 2 heterocycles. The quantitative estimate of drug-likeness (QED) is 0.872. The van der Waals surface area contributed by atoms with Gasteiger partial charge in [-0.25, -0.2) is 0 Å². The number of hydrogen-bond donors (Lipinski definition) is 1. The molecule has 2 N–H and O–H groups in total. The summed E-state index contributed by atoms with van der Waals surface area (Å²) in [5, 5.41) is 4.64. The van der Waals surface area contributed by atoms with Crippen LogP contribution in [0.4, 0.5) is 11.4 Å². The lowest BCUT2D eigenvalue weighted by Crippen LogP contribution is -2.29. The SMILES string of the molecule is CC(C)n1ccc(CN2CCCc3ccc(N)cc32)n1. The fourth-order valence-corrected chi connectivity index (χ4v) is 2.78. The minimum absolute atomic E-state index is 0.410. The summed E-state index contributed by atoms with van der Waals surface area (Å²) < 4.78 is 2.01. The lowest BCUT2D eigenvalue weighted by molar-refractivity contribution is 0.524. The maximum Gasteiger partial charge on any atom is 0.0817 e. The Morgan fingerprint density at radius 3 is 2.90 bits per heavy atom. The van der Waals surface area contributed by atoms with Crippen LogP contribution in [0.25, 0.3) is 0 Å². The maximum atomic E-state index is 5.93. The van der Waals surface area contributed by atoms with Crippen molar-refractivity contribution in [2.75, 3.05) is 17.2 Å². The van der Waals surface area contributed by atoms with Gasteiger partial charge in [-0.05, 0) is 50.5 Å². The van der Waals surface area contributed by atoms with Gasteiger partial charge in [-0.15, -0.1) is 0 Å². The first kappa shape index (κ1) is 13.0. The van der Waals surface area contributed by atoms with Gasteiger partial charge in [0, 0.05) is 30.2 Å². The zero-order chi connectivity index (χ0) is 14.1. The third kappa shape index (κ3) is 2.50. The third-order valence-corrected chi connectivity index (χ3v) is 3.87. The molecule has 0 saturated heterocycles. The Morgan fingerprint density at radius 1 is 1.30 bits per heavy atom. The number of aromatic nitrogens is 2. The third-order valence-electron chi connectivity index (χ3n) is 3.87. The maximum absolute atomic E-state index is 5.93. The average molecular weight is 270 g/mol. The van der Waals surface area contributed by atoms with Gasteiger partial charge in [-0.1, -0.05) is 6.07 Å². The van der Waals surface area contributed by atoms with E-state index < -0.39 is 0 Å². The zero-order valence-corrected chi connectivity index (χ0v) is 12.2. The predicted molar refractivity (Wildman–Crippen MR) is 82.8 cm³/mol. The van der Waals surface area contributed by atoms with Gasteiger partial charge in [-0.2, -0.15) is 5.10 Å². The Balaban J connectivity index is 1.83. The van der Waals surface area contributed by atoms with E-state index in [0.717, 1.165) is 30.9 Å². The van der Waals surface area contributed by atoms with E-state index >= 15 is 0 Å². The van der Waals surface area contributed by atoms with E-state index in [1.54, 1.807) is 0 Å². The molecule has 1 aliphatic rings. The largest absolute Gasteiger partial charge is 0.399 e. The molecule has 0 atom stereocenters. The van der Waals surface area contributed by atoms with Crippen molar-refractivity contribution in [3.8, 4) is 0 Å². The van der Waals surface area contributed by atoms with Crippen molar-refractivity contribution < 1.29 is 0 Å². The Bertz CT molecular complexity index is 600. The standard InChI is InChI=1S/C16H22N4/c1-12(2)20-9-7-15(18-20)11-19-8-3-4-13-5-6-14(17)10-16(13)19/h5-7,9-10,12H,3-4,8,11,17H2,1-2H3. The normalized spacial score (nSPS) is 14.7. The van der Waals surface area contributed by atoms with Gasteiger partial charge in [0.1, 0.15) is 0 Å². The molecule has 0 radical (unpaired) electrons. The first-order chi connectivity index (χ1) is 9.63. The molecule has 1 aromatic heterocycles. The molecule has 0 spiro atoms. The molecule has 0 saturated carbocycles. The van der Waals surface area contributed by atoms with Crippen molar-refractivity contribution in [3.63, 3.8) is 0 Å². The summed E-state index contributed by atoms with van der Waals surface area (Å²) in [5.41, 5.74) is 10.6. The first-order valence-corrected chi connectivity index (χ1v) is 7.31. The molecule has 1 aromatic carbocycles. The summed E-state index contributed by atoms with van der Waals surface area (Å²) in [5.74, 6) is 0. The van der Waals surface area contributed by atoms with Crippen molar-refractivity contribution in [1.29, 1.82) is 0 Å². The van der Waals surface area contributed by atoms with Crippen LogP contribution < -0.4 is 10.6 Å². The van der Waals surface area contributed by atoms with E-state index in [2.05, 4.69) is 48.2 Å². The van der Waals surface area contributed by atoms with Gasteiger partial charge in [0.15, 0.2) is 0 Å². The van der Waals surface area contributed by atoms with Crippen LogP contribution in [-0.2, 0) is 13.0 Å². The molecule has 20 heavy (non-hydrogen) atoms. The van der Waals surface area contributed by atoms with Gasteiger partial charge in [0.25, 0.3) is 0 Å². The average Bonchev–Trinajstić information content (AvgIpc) is 2.88. The molecule has 0 aliphatic carbocycles. The Kier molecular flexibility index (Phi) is 3.38. The highest BCUT2D eigenvalue weighted by atomic mass is 15.3. The van der Waals surface area contributed by atoms with Crippen LogP contribution in [0, 0.1) is 0 Å². The molecule has 0 bridgehead atoms. The highest BCUT2D eigenvalue weighted by Gasteiger charge is 2.18. The number of fused-ring (bicyclic) bond motifs is 1. The predicted octanol–water partition coefficient (Wildman–Crippen LogP) is 3.00. The summed E-state index contributed by atoms with van der Waals surface area (Å²) in [6.45, 7) is 6.22. The van der Waals surface area contributed by atoms with Crippen LogP contribution in [0.3, 0.4) is 0 Å². The van der Waals surface area contributed by atoms with Crippen LogP contribution in [0.15, 0.2) is 30.5 Å². The Hall–Kier alpha value is -1.97. The molecular formula is C16H22N4. The second kappa shape index (κ2) is 5.19. The molecule has 106 valence electrons. The van der Waals surface area contributed by atoms with Crippen LogP contribution in [0.5, 0.6) is 0 Å².